The molecule has 1 aromatic carbocycles. The molecule has 0 bridgehead atoms. The van der Waals surface area contributed by atoms with Crippen LogP contribution in [0.15, 0.2) is 53.3 Å². The van der Waals surface area contributed by atoms with E-state index in [0.29, 0.717) is 5.39 Å². The quantitative estimate of drug-likeness (QED) is 0.767. The number of nitrogens with zero attached hydrogens (tertiary/aromatic N) is 1. The van der Waals surface area contributed by atoms with Gasteiger partial charge in [0, 0.05) is 24.7 Å². The van der Waals surface area contributed by atoms with Gasteiger partial charge in [-0.2, -0.15) is 0 Å². The normalized spacial score (nSPS) is 12.9. The number of aromatic nitrogens is 1. The molecule has 1 atom stereocenters. The minimum absolute atomic E-state index is 0.168. The molecular weight excluding hydrogens is 255 g/mol. The highest BCUT2D eigenvalue weighted by Gasteiger charge is 2.08. The fraction of sp³-hybridized carbons (Fsp3) is 0.250. The Balaban J connectivity index is 1.64. The van der Waals surface area contributed by atoms with E-state index in [1.807, 2.05) is 30.5 Å². The molecule has 1 N–H and O–H groups in total. The lowest BCUT2D eigenvalue weighted by molar-refractivity contribution is 0.425. The summed E-state index contributed by atoms with van der Waals surface area (Å²) in [7, 11) is 0. The highest BCUT2D eigenvalue weighted by molar-refractivity contribution is 5.80. The molecule has 1 unspecified atom stereocenters. The number of hydrogen-bond acceptors (Lipinski definition) is 2. The summed E-state index contributed by atoms with van der Waals surface area (Å²) in [6.07, 6.45) is 3.60. The molecule has 0 aliphatic rings. The van der Waals surface area contributed by atoms with Gasteiger partial charge in [0.15, 0.2) is 0 Å². The van der Waals surface area contributed by atoms with Gasteiger partial charge in [-0.25, -0.2) is 4.39 Å². The number of rotatable bonds is 5. The summed E-state index contributed by atoms with van der Waals surface area (Å²) < 4.78 is 21.0. The topological polar surface area (TPSA) is 30.1 Å². The Morgan fingerprint density at radius 1 is 1.25 bits per heavy atom. The van der Waals surface area contributed by atoms with Gasteiger partial charge in [0.2, 0.25) is 0 Å². The van der Waals surface area contributed by atoms with E-state index < -0.39 is 0 Å². The van der Waals surface area contributed by atoms with E-state index in [1.165, 1.54) is 6.07 Å². The first-order valence-electron chi connectivity index (χ1n) is 6.76. The minimum Gasteiger partial charge on any atom is -0.468 e. The number of nitrogens with one attached hydrogen (secondary N) is 1. The van der Waals surface area contributed by atoms with Crippen LogP contribution in [0.2, 0.25) is 0 Å². The van der Waals surface area contributed by atoms with Crippen LogP contribution >= 0.6 is 0 Å². The molecular formula is C16H17FN2O. The van der Waals surface area contributed by atoms with E-state index in [9.17, 15) is 4.39 Å². The van der Waals surface area contributed by atoms with Gasteiger partial charge in [-0.3, -0.25) is 0 Å². The number of fused-ring (bicyclic) bond motifs is 1. The Bertz CT molecular complexity index is 688. The zero-order valence-electron chi connectivity index (χ0n) is 11.3. The van der Waals surface area contributed by atoms with Crippen molar-refractivity contribution in [2.45, 2.75) is 19.5 Å². The highest BCUT2D eigenvalue weighted by Crippen LogP contribution is 2.19. The van der Waals surface area contributed by atoms with Crippen molar-refractivity contribution in [2.75, 3.05) is 6.54 Å². The molecule has 0 aliphatic carbocycles. The Morgan fingerprint density at radius 3 is 2.95 bits per heavy atom. The predicted octanol–water partition coefficient (Wildman–Crippen LogP) is 3.72. The second-order valence-corrected chi connectivity index (χ2v) is 4.87. The summed E-state index contributed by atoms with van der Waals surface area (Å²) in [6.45, 7) is 3.65. The Hall–Kier alpha value is -2.07. The van der Waals surface area contributed by atoms with E-state index in [1.54, 1.807) is 12.3 Å². The van der Waals surface area contributed by atoms with E-state index in [2.05, 4.69) is 16.8 Å². The van der Waals surface area contributed by atoms with Crippen molar-refractivity contribution in [1.82, 2.24) is 9.88 Å². The SMILES string of the molecule is CC(NCCn1ccc2c(F)cccc21)c1ccco1. The second kappa shape index (κ2) is 5.51. The molecule has 0 saturated carbocycles. The van der Waals surface area contributed by atoms with Crippen LogP contribution in [0.4, 0.5) is 4.39 Å². The number of furan rings is 1. The molecule has 2 aromatic heterocycles. The van der Waals surface area contributed by atoms with Crippen molar-refractivity contribution >= 4 is 10.9 Å². The largest absolute Gasteiger partial charge is 0.468 e. The van der Waals surface area contributed by atoms with Crippen molar-refractivity contribution in [2.24, 2.45) is 0 Å². The van der Waals surface area contributed by atoms with Crippen LogP contribution in [0.1, 0.15) is 18.7 Å². The third-order valence-corrected chi connectivity index (χ3v) is 3.53. The molecule has 3 rings (SSSR count). The average Bonchev–Trinajstić information content (AvgIpc) is 3.09. The van der Waals surface area contributed by atoms with Crippen molar-refractivity contribution in [3.8, 4) is 0 Å². The van der Waals surface area contributed by atoms with Crippen LogP contribution in [-0.4, -0.2) is 11.1 Å². The van der Waals surface area contributed by atoms with E-state index in [-0.39, 0.29) is 11.9 Å². The van der Waals surface area contributed by atoms with Crippen molar-refractivity contribution in [3.05, 3.63) is 60.4 Å². The summed E-state index contributed by atoms with van der Waals surface area (Å²) in [5.74, 6) is 0.756. The van der Waals surface area contributed by atoms with Gasteiger partial charge >= 0.3 is 0 Å². The van der Waals surface area contributed by atoms with Crippen LogP contribution in [-0.2, 0) is 6.54 Å². The molecule has 3 aromatic rings. The van der Waals surface area contributed by atoms with Gasteiger partial charge in [-0.15, -0.1) is 0 Å². The van der Waals surface area contributed by atoms with Crippen LogP contribution in [0.3, 0.4) is 0 Å². The lowest BCUT2D eigenvalue weighted by atomic mass is 10.2. The number of halogens is 1. The minimum atomic E-state index is -0.168. The molecule has 0 aliphatic heterocycles. The molecule has 2 heterocycles. The lowest BCUT2D eigenvalue weighted by Gasteiger charge is -2.12. The van der Waals surface area contributed by atoms with E-state index in [0.717, 1.165) is 24.4 Å². The lowest BCUT2D eigenvalue weighted by Crippen LogP contribution is -2.22. The third-order valence-electron chi connectivity index (χ3n) is 3.53. The molecule has 0 radical (unpaired) electrons. The molecule has 0 spiro atoms. The molecule has 20 heavy (non-hydrogen) atoms. The van der Waals surface area contributed by atoms with Crippen LogP contribution in [0.25, 0.3) is 10.9 Å². The maximum Gasteiger partial charge on any atom is 0.132 e. The maximum atomic E-state index is 13.6. The van der Waals surface area contributed by atoms with Crippen molar-refractivity contribution in [1.29, 1.82) is 0 Å². The first-order chi connectivity index (χ1) is 9.75. The molecule has 4 heteroatoms. The Morgan fingerprint density at radius 2 is 2.15 bits per heavy atom. The first-order valence-corrected chi connectivity index (χ1v) is 6.76. The second-order valence-electron chi connectivity index (χ2n) is 4.87. The Kier molecular flexibility index (Phi) is 3.56. The van der Waals surface area contributed by atoms with Crippen LogP contribution in [0, 0.1) is 5.82 Å². The zero-order chi connectivity index (χ0) is 13.9. The van der Waals surface area contributed by atoms with Gasteiger partial charge in [0.05, 0.1) is 17.8 Å². The fourth-order valence-electron chi connectivity index (χ4n) is 2.42. The summed E-state index contributed by atoms with van der Waals surface area (Å²) in [4.78, 5) is 0. The summed E-state index contributed by atoms with van der Waals surface area (Å²) in [6, 6.07) is 11.0. The molecule has 0 saturated heterocycles. The molecule has 3 nitrogen and oxygen atoms in total. The Labute approximate surface area is 117 Å². The third kappa shape index (κ3) is 2.47. The number of hydrogen-bond donors (Lipinski definition) is 1. The standard InChI is InChI=1S/C16H17FN2O/c1-12(16-6-3-11-20-16)18-8-10-19-9-7-13-14(17)4-2-5-15(13)19/h2-7,9,11-12,18H,8,10H2,1H3. The first kappa shape index (κ1) is 12.9. The van der Waals surface area contributed by atoms with Gasteiger partial charge in [-0.1, -0.05) is 6.07 Å². The predicted molar refractivity (Wildman–Crippen MR) is 77.0 cm³/mol. The van der Waals surface area contributed by atoms with Crippen molar-refractivity contribution < 1.29 is 8.81 Å². The van der Waals surface area contributed by atoms with Crippen molar-refractivity contribution in [3.63, 3.8) is 0 Å². The summed E-state index contributed by atoms with van der Waals surface area (Å²) >= 11 is 0. The van der Waals surface area contributed by atoms with E-state index in [4.69, 9.17) is 4.42 Å². The van der Waals surface area contributed by atoms with Gasteiger partial charge in [0.25, 0.3) is 0 Å². The highest BCUT2D eigenvalue weighted by atomic mass is 19.1. The van der Waals surface area contributed by atoms with Crippen LogP contribution < -0.4 is 5.32 Å². The smallest absolute Gasteiger partial charge is 0.132 e. The van der Waals surface area contributed by atoms with Gasteiger partial charge in [-0.05, 0) is 37.3 Å². The molecule has 104 valence electrons. The molecule has 0 amide bonds. The van der Waals surface area contributed by atoms with Crippen LogP contribution in [0.5, 0.6) is 0 Å². The molecule has 0 fully saturated rings. The van der Waals surface area contributed by atoms with E-state index >= 15 is 0 Å². The zero-order valence-corrected chi connectivity index (χ0v) is 11.3. The maximum absolute atomic E-state index is 13.6. The summed E-state index contributed by atoms with van der Waals surface area (Å²) in [5.41, 5.74) is 0.928. The van der Waals surface area contributed by atoms with Gasteiger partial charge < -0.3 is 14.3 Å². The monoisotopic (exact) mass is 272 g/mol. The fourth-order valence-corrected chi connectivity index (χ4v) is 2.42. The van der Waals surface area contributed by atoms with Gasteiger partial charge in [0.1, 0.15) is 11.6 Å². The number of benzene rings is 1. The average molecular weight is 272 g/mol. The summed E-state index contributed by atoms with van der Waals surface area (Å²) in [5, 5.41) is 4.07.